The van der Waals surface area contributed by atoms with Gasteiger partial charge in [0, 0.05) is 10.6 Å². The van der Waals surface area contributed by atoms with Gasteiger partial charge in [-0.1, -0.05) is 11.6 Å². The molecular weight excluding hydrogens is 345 g/mol. The van der Waals surface area contributed by atoms with Crippen molar-refractivity contribution >= 4 is 22.5 Å². The lowest BCUT2D eigenvalue weighted by molar-refractivity contribution is 0.570. The van der Waals surface area contributed by atoms with Gasteiger partial charge in [0.25, 0.3) is 5.56 Å². The standard InChI is InChI=1S/C18H11ClFN3O2/c19-12-3-6-16-15(7-12)18(24)23(10-21-16)8-14-9-25-17(22-14)11-1-4-13(20)5-2-11/h1-7,9-10H,8H2. The Morgan fingerprint density at radius 2 is 1.96 bits per heavy atom. The van der Waals surface area contributed by atoms with Gasteiger partial charge in [0.2, 0.25) is 5.89 Å². The second-order valence-corrected chi connectivity index (χ2v) is 5.93. The minimum absolute atomic E-state index is 0.207. The molecule has 0 bridgehead atoms. The highest BCUT2D eigenvalue weighted by atomic mass is 35.5. The zero-order chi connectivity index (χ0) is 17.4. The van der Waals surface area contributed by atoms with Gasteiger partial charge < -0.3 is 4.42 Å². The molecule has 2 aromatic heterocycles. The molecule has 2 aromatic carbocycles. The van der Waals surface area contributed by atoms with Crippen LogP contribution in [0.5, 0.6) is 0 Å². The summed E-state index contributed by atoms with van der Waals surface area (Å²) in [6, 6.07) is 10.8. The molecule has 124 valence electrons. The summed E-state index contributed by atoms with van der Waals surface area (Å²) >= 11 is 5.96. The van der Waals surface area contributed by atoms with Crippen molar-refractivity contribution in [2.75, 3.05) is 0 Å². The fourth-order valence-electron chi connectivity index (χ4n) is 2.52. The van der Waals surface area contributed by atoms with Gasteiger partial charge in [0.15, 0.2) is 0 Å². The summed E-state index contributed by atoms with van der Waals surface area (Å²) < 4.78 is 19.8. The van der Waals surface area contributed by atoms with E-state index in [1.165, 1.54) is 29.3 Å². The molecule has 5 nitrogen and oxygen atoms in total. The zero-order valence-corrected chi connectivity index (χ0v) is 13.6. The Kier molecular flexibility index (Phi) is 3.82. The van der Waals surface area contributed by atoms with Gasteiger partial charge in [-0.05, 0) is 42.5 Å². The predicted molar refractivity (Wildman–Crippen MR) is 92.0 cm³/mol. The normalized spacial score (nSPS) is 11.1. The highest BCUT2D eigenvalue weighted by Gasteiger charge is 2.10. The van der Waals surface area contributed by atoms with Crippen molar-refractivity contribution < 1.29 is 8.81 Å². The fraction of sp³-hybridized carbons (Fsp3) is 0.0556. The van der Waals surface area contributed by atoms with E-state index in [-0.39, 0.29) is 17.9 Å². The van der Waals surface area contributed by atoms with Crippen LogP contribution in [-0.4, -0.2) is 14.5 Å². The predicted octanol–water partition coefficient (Wildman–Crippen LogP) is 3.89. The monoisotopic (exact) mass is 355 g/mol. The van der Waals surface area contributed by atoms with E-state index in [0.717, 1.165) is 0 Å². The van der Waals surface area contributed by atoms with Gasteiger partial charge >= 0.3 is 0 Å². The molecule has 0 saturated heterocycles. The van der Waals surface area contributed by atoms with Crippen molar-refractivity contribution in [3.05, 3.63) is 81.9 Å². The number of aromatic nitrogens is 3. The van der Waals surface area contributed by atoms with Crippen LogP contribution in [0.3, 0.4) is 0 Å². The van der Waals surface area contributed by atoms with Gasteiger partial charge in [-0.2, -0.15) is 0 Å². The van der Waals surface area contributed by atoms with Gasteiger partial charge in [0.05, 0.1) is 29.5 Å². The maximum absolute atomic E-state index is 13.0. The molecule has 0 fully saturated rings. The lowest BCUT2D eigenvalue weighted by atomic mass is 10.2. The third-order valence-electron chi connectivity index (χ3n) is 3.76. The van der Waals surface area contributed by atoms with Gasteiger partial charge in [-0.25, -0.2) is 14.4 Å². The summed E-state index contributed by atoms with van der Waals surface area (Å²) in [5, 5.41) is 0.918. The summed E-state index contributed by atoms with van der Waals surface area (Å²) in [4.78, 5) is 21.2. The molecule has 4 aromatic rings. The summed E-state index contributed by atoms with van der Waals surface area (Å²) in [6.45, 7) is 0.207. The number of rotatable bonds is 3. The smallest absolute Gasteiger partial charge is 0.261 e. The Labute approximate surface area is 146 Å². The van der Waals surface area contributed by atoms with E-state index in [4.69, 9.17) is 16.0 Å². The molecule has 25 heavy (non-hydrogen) atoms. The number of benzene rings is 2. The van der Waals surface area contributed by atoms with Crippen molar-refractivity contribution in [1.29, 1.82) is 0 Å². The van der Waals surface area contributed by atoms with Crippen LogP contribution in [0.1, 0.15) is 5.69 Å². The third-order valence-corrected chi connectivity index (χ3v) is 4.00. The maximum atomic E-state index is 13.0. The molecule has 7 heteroatoms. The maximum Gasteiger partial charge on any atom is 0.261 e. The van der Waals surface area contributed by atoms with Gasteiger partial charge in [-0.3, -0.25) is 9.36 Å². The number of oxazole rings is 1. The summed E-state index contributed by atoms with van der Waals surface area (Å²) in [7, 11) is 0. The molecule has 0 aliphatic heterocycles. The second-order valence-electron chi connectivity index (χ2n) is 5.49. The fourth-order valence-corrected chi connectivity index (χ4v) is 2.70. The quantitative estimate of drug-likeness (QED) is 0.559. The van der Waals surface area contributed by atoms with Crippen LogP contribution in [-0.2, 0) is 6.54 Å². The molecule has 0 amide bonds. The van der Waals surface area contributed by atoms with Crippen LogP contribution < -0.4 is 5.56 Å². The molecule has 2 heterocycles. The van der Waals surface area contributed by atoms with Crippen LogP contribution in [0.2, 0.25) is 5.02 Å². The van der Waals surface area contributed by atoms with Crippen LogP contribution in [0.4, 0.5) is 4.39 Å². The average molecular weight is 356 g/mol. The second kappa shape index (κ2) is 6.14. The third kappa shape index (κ3) is 3.04. The van der Waals surface area contributed by atoms with E-state index in [1.807, 2.05) is 0 Å². The minimum atomic E-state index is -0.331. The zero-order valence-electron chi connectivity index (χ0n) is 12.8. The van der Waals surface area contributed by atoms with Crippen LogP contribution in [0.25, 0.3) is 22.4 Å². The van der Waals surface area contributed by atoms with Crippen LogP contribution in [0.15, 0.2) is 64.3 Å². The molecule has 0 aliphatic carbocycles. The highest BCUT2D eigenvalue weighted by molar-refractivity contribution is 6.31. The first-order valence-electron chi connectivity index (χ1n) is 7.45. The summed E-state index contributed by atoms with van der Waals surface area (Å²) in [6.07, 6.45) is 2.93. The molecule has 0 unspecified atom stereocenters. The van der Waals surface area contributed by atoms with E-state index >= 15 is 0 Å². The lowest BCUT2D eigenvalue weighted by Crippen LogP contribution is -2.21. The van der Waals surface area contributed by atoms with E-state index < -0.39 is 0 Å². The number of hydrogen-bond acceptors (Lipinski definition) is 4. The molecule has 0 radical (unpaired) electrons. The molecule has 0 spiro atoms. The Morgan fingerprint density at radius 1 is 1.16 bits per heavy atom. The molecule has 0 saturated carbocycles. The Balaban J connectivity index is 1.67. The summed E-state index contributed by atoms with van der Waals surface area (Å²) in [5.41, 5.74) is 1.59. The Hall–Kier alpha value is -2.99. The first kappa shape index (κ1) is 15.5. The molecule has 0 aliphatic rings. The molecule has 4 rings (SSSR count). The first-order valence-corrected chi connectivity index (χ1v) is 7.83. The average Bonchev–Trinajstić information content (AvgIpc) is 3.07. The van der Waals surface area contributed by atoms with E-state index in [9.17, 15) is 9.18 Å². The minimum Gasteiger partial charge on any atom is -0.444 e. The van der Waals surface area contributed by atoms with Crippen LogP contribution >= 0.6 is 11.6 Å². The number of hydrogen-bond donors (Lipinski definition) is 0. The van der Waals surface area contributed by atoms with Gasteiger partial charge in [0.1, 0.15) is 12.1 Å². The Morgan fingerprint density at radius 3 is 2.76 bits per heavy atom. The number of fused-ring (bicyclic) bond motifs is 1. The van der Waals surface area contributed by atoms with Crippen molar-refractivity contribution in [2.24, 2.45) is 0 Å². The van der Waals surface area contributed by atoms with Crippen LogP contribution in [0, 0.1) is 5.82 Å². The number of halogens is 2. The Bertz CT molecular complexity index is 1120. The van der Waals surface area contributed by atoms with Crippen molar-refractivity contribution in [1.82, 2.24) is 14.5 Å². The highest BCUT2D eigenvalue weighted by Crippen LogP contribution is 2.19. The largest absolute Gasteiger partial charge is 0.444 e. The summed E-state index contributed by atoms with van der Waals surface area (Å²) in [5.74, 6) is 0.0304. The lowest BCUT2D eigenvalue weighted by Gasteiger charge is -2.04. The number of nitrogens with zero attached hydrogens (tertiary/aromatic N) is 3. The molecule has 0 N–H and O–H groups in total. The van der Waals surface area contributed by atoms with E-state index in [1.54, 1.807) is 30.3 Å². The van der Waals surface area contributed by atoms with E-state index in [0.29, 0.717) is 33.1 Å². The molecule has 0 atom stereocenters. The van der Waals surface area contributed by atoms with Crippen molar-refractivity contribution in [3.63, 3.8) is 0 Å². The van der Waals surface area contributed by atoms with Gasteiger partial charge in [-0.15, -0.1) is 0 Å². The topological polar surface area (TPSA) is 60.9 Å². The van der Waals surface area contributed by atoms with Crippen molar-refractivity contribution in [3.8, 4) is 11.5 Å². The molecular formula is C18H11ClFN3O2. The van der Waals surface area contributed by atoms with E-state index in [2.05, 4.69) is 9.97 Å². The first-order chi connectivity index (χ1) is 12.1. The van der Waals surface area contributed by atoms with Crippen molar-refractivity contribution in [2.45, 2.75) is 6.54 Å². The SMILES string of the molecule is O=c1c2cc(Cl)ccc2ncn1Cc1coc(-c2ccc(F)cc2)n1.